The number of nitrogens with zero attached hydrogens (tertiary/aromatic N) is 2. The molecule has 1 aromatic rings. The summed E-state index contributed by atoms with van der Waals surface area (Å²) in [7, 11) is 1.44. The van der Waals surface area contributed by atoms with Crippen LogP contribution in [-0.4, -0.2) is 50.3 Å². The fourth-order valence-corrected chi connectivity index (χ4v) is 1.98. The van der Waals surface area contributed by atoms with Gasteiger partial charge in [-0.15, -0.1) is 24.0 Å². The molecule has 0 bridgehead atoms. The van der Waals surface area contributed by atoms with E-state index in [4.69, 9.17) is 11.6 Å². The Hall–Kier alpha value is -0.740. The van der Waals surface area contributed by atoms with Crippen LogP contribution in [0.25, 0.3) is 0 Å². The maximum absolute atomic E-state index is 12.2. The Morgan fingerprint density at radius 3 is 2.38 bits per heavy atom. The lowest BCUT2D eigenvalue weighted by Gasteiger charge is -2.19. The van der Waals surface area contributed by atoms with Gasteiger partial charge in [0.25, 0.3) is 0 Å². The highest BCUT2D eigenvalue weighted by atomic mass is 127. The molecule has 0 radical (unpaired) electrons. The topological polar surface area (TPSA) is 39.7 Å². The summed E-state index contributed by atoms with van der Waals surface area (Å²) in [5.74, 6) is 0.572. The standard InChI is InChI=1S/C15H22ClF3N4.HI/c1-3-20-14(21-8-9-23(2)11-15(17,18)19)22-10-12-4-6-13(16)7-5-12;/h4-7H,3,8-11H2,1-2H3,(H2,20,21,22);1H. The van der Waals surface area contributed by atoms with Crippen molar-refractivity contribution >= 4 is 41.5 Å². The first kappa shape index (κ1) is 23.3. The van der Waals surface area contributed by atoms with Gasteiger partial charge in [-0.3, -0.25) is 4.90 Å². The van der Waals surface area contributed by atoms with Crippen molar-refractivity contribution in [3.63, 3.8) is 0 Å². The molecule has 0 aliphatic heterocycles. The van der Waals surface area contributed by atoms with E-state index in [0.29, 0.717) is 30.6 Å². The number of benzene rings is 1. The summed E-state index contributed by atoms with van der Waals surface area (Å²) in [6.45, 7) is 2.78. The molecule has 0 amide bonds. The van der Waals surface area contributed by atoms with Gasteiger partial charge in [0, 0.05) is 24.7 Å². The summed E-state index contributed by atoms with van der Waals surface area (Å²) < 4.78 is 36.7. The van der Waals surface area contributed by atoms with E-state index in [1.807, 2.05) is 19.1 Å². The summed E-state index contributed by atoms with van der Waals surface area (Å²) in [6, 6.07) is 7.34. The largest absolute Gasteiger partial charge is 0.401 e. The van der Waals surface area contributed by atoms with Gasteiger partial charge in [-0.2, -0.15) is 13.2 Å². The number of alkyl halides is 3. The molecule has 4 nitrogen and oxygen atoms in total. The van der Waals surface area contributed by atoms with E-state index in [0.717, 1.165) is 5.56 Å². The van der Waals surface area contributed by atoms with Crippen molar-refractivity contribution in [3.05, 3.63) is 34.9 Å². The van der Waals surface area contributed by atoms with E-state index in [1.54, 1.807) is 12.1 Å². The first-order chi connectivity index (χ1) is 10.8. The number of guanidine groups is 1. The number of hydrogen-bond acceptors (Lipinski definition) is 2. The fraction of sp³-hybridized carbons (Fsp3) is 0.533. The van der Waals surface area contributed by atoms with Gasteiger partial charge in [0.15, 0.2) is 5.96 Å². The number of rotatable bonds is 7. The van der Waals surface area contributed by atoms with Crippen molar-refractivity contribution < 1.29 is 13.2 Å². The second-order valence-corrected chi connectivity index (χ2v) is 5.54. The zero-order valence-corrected chi connectivity index (χ0v) is 16.7. The average Bonchev–Trinajstić information content (AvgIpc) is 2.44. The first-order valence-corrected chi connectivity index (χ1v) is 7.70. The van der Waals surface area contributed by atoms with Crippen LogP contribution >= 0.6 is 35.6 Å². The molecule has 0 heterocycles. The third-order valence-corrected chi connectivity index (χ3v) is 3.16. The van der Waals surface area contributed by atoms with Crippen molar-refractivity contribution in [3.8, 4) is 0 Å². The third kappa shape index (κ3) is 10.9. The van der Waals surface area contributed by atoms with Gasteiger partial charge in [-0.25, -0.2) is 4.99 Å². The number of halogens is 5. The molecule has 1 aromatic carbocycles. The summed E-state index contributed by atoms with van der Waals surface area (Å²) >= 11 is 5.82. The molecule has 0 aromatic heterocycles. The van der Waals surface area contributed by atoms with Crippen LogP contribution < -0.4 is 10.6 Å². The lowest BCUT2D eigenvalue weighted by atomic mass is 10.2. The molecule has 2 N–H and O–H groups in total. The van der Waals surface area contributed by atoms with E-state index in [2.05, 4.69) is 15.6 Å². The SMILES string of the molecule is CCNC(=NCc1ccc(Cl)cc1)NCCN(C)CC(F)(F)F.I. The minimum atomic E-state index is -4.18. The van der Waals surface area contributed by atoms with Crippen molar-refractivity contribution in [1.82, 2.24) is 15.5 Å². The van der Waals surface area contributed by atoms with Crippen LogP contribution in [0.15, 0.2) is 29.3 Å². The number of likely N-dealkylation sites (N-methyl/N-ethyl adjacent to an activating group) is 1. The van der Waals surface area contributed by atoms with E-state index in [-0.39, 0.29) is 30.5 Å². The zero-order chi connectivity index (χ0) is 17.3. The normalized spacial score (nSPS) is 12.0. The Labute approximate surface area is 162 Å². The second-order valence-electron chi connectivity index (χ2n) is 5.10. The van der Waals surface area contributed by atoms with Gasteiger partial charge in [-0.05, 0) is 31.7 Å². The van der Waals surface area contributed by atoms with Crippen LogP contribution in [0.4, 0.5) is 13.2 Å². The van der Waals surface area contributed by atoms with Gasteiger partial charge in [0.05, 0.1) is 13.1 Å². The molecule has 0 spiro atoms. The predicted molar refractivity (Wildman–Crippen MR) is 103 cm³/mol. The van der Waals surface area contributed by atoms with Crippen LogP contribution in [0.3, 0.4) is 0 Å². The fourth-order valence-electron chi connectivity index (χ4n) is 1.85. The second kappa shape index (κ2) is 11.8. The summed E-state index contributed by atoms with van der Waals surface area (Å²) in [4.78, 5) is 5.61. The molecule has 9 heteroatoms. The summed E-state index contributed by atoms with van der Waals surface area (Å²) in [5.41, 5.74) is 1.00. The average molecular weight is 479 g/mol. The molecule has 138 valence electrons. The highest BCUT2D eigenvalue weighted by Crippen LogP contribution is 2.15. The predicted octanol–water partition coefficient (Wildman–Crippen LogP) is 3.51. The van der Waals surface area contributed by atoms with Crippen molar-refractivity contribution in [2.45, 2.75) is 19.6 Å². The van der Waals surface area contributed by atoms with Crippen LogP contribution in [0, 0.1) is 0 Å². The van der Waals surface area contributed by atoms with Crippen LogP contribution in [-0.2, 0) is 6.54 Å². The number of hydrogen-bond donors (Lipinski definition) is 2. The molecule has 0 aliphatic rings. The van der Waals surface area contributed by atoms with Crippen molar-refractivity contribution in [2.75, 3.05) is 33.2 Å². The highest BCUT2D eigenvalue weighted by Gasteiger charge is 2.28. The van der Waals surface area contributed by atoms with E-state index >= 15 is 0 Å². The van der Waals surface area contributed by atoms with Gasteiger partial charge >= 0.3 is 6.18 Å². The van der Waals surface area contributed by atoms with Gasteiger partial charge in [-0.1, -0.05) is 23.7 Å². The van der Waals surface area contributed by atoms with Gasteiger partial charge in [0.2, 0.25) is 0 Å². The highest BCUT2D eigenvalue weighted by molar-refractivity contribution is 14.0. The lowest BCUT2D eigenvalue weighted by molar-refractivity contribution is -0.142. The van der Waals surface area contributed by atoms with E-state index in [9.17, 15) is 13.2 Å². The molecule has 24 heavy (non-hydrogen) atoms. The minimum Gasteiger partial charge on any atom is -0.357 e. The molecule has 0 saturated heterocycles. The Morgan fingerprint density at radius 1 is 1.21 bits per heavy atom. The van der Waals surface area contributed by atoms with Gasteiger partial charge < -0.3 is 10.6 Å². The maximum atomic E-state index is 12.2. The van der Waals surface area contributed by atoms with Crippen LogP contribution in [0.2, 0.25) is 5.02 Å². The van der Waals surface area contributed by atoms with Gasteiger partial charge in [0.1, 0.15) is 0 Å². The summed E-state index contributed by atoms with van der Waals surface area (Å²) in [5, 5.41) is 6.74. The Morgan fingerprint density at radius 2 is 1.83 bits per heavy atom. The smallest absolute Gasteiger partial charge is 0.357 e. The van der Waals surface area contributed by atoms with Crippen molar-refractivity contribution in [1.29, 1.82) is 0 Å². The maximum Gasteiger partial charge on any atom is 0.401 e. The summed E-state index contributed by atoms with van der Waals surface area (Å²) in [6.07, 6.45) is -4.18. The van der Waals surface area contributed by atoms with E-state index in [1.165, 1.54) is 11.9 Å². The first-order valence-electron chi connectivity index (χ1n) is 7.32. The lowest BCUT2D eigenvalue weighted by Crippen LogP contribution is -2.42. The Balaban J connectivity index is 0.00000529. The Bertz CT molecular complexity index is 494. The molecule has 0 atom stereocenters. The van der Waals surface area contributed by atoms with Crippen molar-refractivity contribution in [2.24, 2.45) is 4.99 Å². The van der Waals surface area contributed by atoms with E-state index < -0.39 is 12.7 Å². The molecule has 1 rings (SSSR count). The number of nitrogens with one attached hydrogen (secondary N) is 2. The van der Waals surface area contributed by atoms with Crippen LogP contribution in [0.5, 0.6) is 0 Å². The molecular formula is C15H23ClF3IN4. The number of aliphatic imine (C=N–C) groups is 1. The molecule has 0 saturated carbocycles. The zero-order valence-electron chi connectivity index (χ0n) is 13.7. The molecular weight excluding hydrogens is 456 g/mol. The molecule has 0 fully saturated rings. The molecule has 0 aliphatic carbocycles. The quantitative estimate of drug-likeness (QED) is 0.358. The van der Waals surface area contributed by atoms with Crippen LogP contribution in [0.1, 0.15) is 12.5 Å². The monoisotopic (exact) mass is 478 g/mol. The minimum absolute atomic E-state index is 0. The molecule has 0 unspecified atom stereocenters. The third-order valence-electron chi connectivity index (χ3n) is 2.91. The Kier molecular flexibility index (Phi) is 11.4.